The van der Waals surface area contributed by atoms with Gasteiger partial charge in [0.05, 0.1) is 11.3 Å². The van der Waals surface area contributed by atoms with E-state index < -0.39 is 0 Å². The average Bonchev–Trinajstić information content (AvgIpc) is 3.31. The van der Waals surface area contributed by atoms with Gasteiger partial charge in [0.25, 0.3) is 5.91 Å². The van der Waals surface area contributed by atoms with Crippen LogP contribution < -0.4 is 15.5 Å². The minimum absolute atomic E-state index is 0.0161. The van der Waals surface area contributed by atoms with Crippen LogP contribution >= 0.6 is 11.8 Å². The van der Waals surface area contributed by atoms with Crippen molar-refractivity contribution in [2.24, 2.45) is 5.92 Å². The Morgan fingerprint density at radius 3 is 2.44 bits per heavy atom. The van der Waals surface area contributed by atoms with Crippen LogP contribution in [-0.4, -0.2) is 36.6 Å². The van der Waals surface area contributed by atoms with E-state index in [1.54, 1.807) is 11.0 Å². The molecule has 1 saturated heterocycles. The molecule has 0 radical (unpaired) electrons. The molecule has 2 aromatic rings. The summed E-state index contributed by atoms with van der Waals surface area (Å²) >= 11 is 1.40. The molecule has 2 aliphatic rings. The van der Waals surface area contributed by atoms with Crippen LogP contribution in [-0.2, 0) is 16.1 Å². The van der Waals surface area contributed by atoms with Crippen LogP contribution in [0.25, 0.3) is 0 Å². The monoisotopic (exact) mass is 479 g/mol. The van der Waals surface area contributed by atoms with Gasteiger partial charge in [0.1, 0.15) is 0 Å². The minimum atomic E-state index is -0.162. The standard InChI is InChI=1S/C27H33N3O3S/c31-25(28-17-20-7-2-1-3-8-20)19-34-24-10-5-4-9-23(24)27(33)29-18-21-12-14-22(15-13-21)30-16-6-11-26(30)32/h4-5,9-10,12-15,20H,1-3,6-8,11,16-19H2,(H,28,31)(H,29,33). The van der Waals surface area contributed by atoms with Crippen molar-refractivity contribution >= 4 is 35.2 Å². The van der Waals surface area contributed by atoms with E-state index in [4.69, 9.17) is 0 Å². The molecule has 6 nitrogen and oxygen atoms in total. The first-order chi connectivity index (χ1) is 16.6. The normalized spacial score (nSPS) is 16.5. The zero-order chi connectivity index (χ0) is 23.8. The van der Waals surface area contributed by atoms with Gasteiger partial charge in [0, 0.05) is 36.6 Å². The SMILES string of the molecule is O=C(CSc1ccccc1C(=O)NCc1ccc(N2CCCC2=O)cc1)NCC1CCCCC1. The first kappa shape index (κ1) is 24.3. The third kappa shape index (κ3) is 6.63. The van der Waals surface area contributed by atoms with Gasteiger partial charge < -0.3 is 15.5 Å². The highest BCUT2D eigenvalue weighted by Crippen LogP contribution is 2.25. The Balaban J connectivity index is 1.26. The highest BCUT2D eigenvalue weighted by molar-refractivity contribution is 8.00. The van der Waals surface area contributed by atoms with Gasteiger partial charge in [0.2, 0.25) is 11.8 Å². The van der Waals surface area contributed by atoms with Gasteiger partial charge >= 0.3 is 0 Å². The number of carbonyl (C=O) groups is 3. The molecular formula is C27H33N3O3S. The molecule has 2 aromatic carbocycles. The Bertz CT molecular complexity index is 1000. The Labute approximate surface area is 205 Å². The molecule has 1 aliphatic carbocycles. The number of amides is 3. The predicted molar refractivity (Wildman–Crippen MR) is 136 cm³/mol. The van der Waals surface area contributed by atoms with E-state index in [0.29, 0.717) is 30.2 Å². The van der Waals surface area contributed by atoms with Gasteiger partial charge in [-0.15, -0.1) is 11.8 Å². The first-order valence-electron chi connectivity index (χ1n) is 12.3. The molecule has 1 aliphatic heterocycles. The van der Waals surface area contributed by atoms with Gasteiger partial charge in [-0.2, -0.15) is 0 Å². The lowest BCUT2D eigenvalue weighted by Crippen LogP contribution is -2.31. The third-order valence-corrected chi connectivity index (χ3v) is 7.65. The Morgan fingerprint density at radius 1 is 0.941 bits per heavy atom. The molecule has 0 atom stereocenters. The molecule has 7 heteroatoms. The zero-order valence-corrected chi connectivity index (χ0v) is 20.4. The molecule has 1 saturated carbocycles. The van der Waals surface area contributed by atoms with Crippen LogP contribution in [0.15, 0.2) is 53.4 Å². The van der Waals surface area contributed by atoms with E-state index >= 15 is 0 Å². The molecule has 2 fully saturated rings. The molecule has 2 N–H and O–H groups in total. The van der Waals surface area contributed by atoms with Crippen molar-refractivity contribution in [3.8, 4) is 0 Å². The van der Waals surface area contributed by atoms with Crippen molar-refractivity contribution in [1.29, 1.82) is 0 Å². The molecule has 0 bridgehead atoms. The Kier molecular flexibility index (Phi) is 8.63. The van der Waals surface area contributed by atoms with Gasteiger partial charge in [-0.25, -0.2) is 0 Å². The van der Waals surface area contributed by atoms with Crippen LogP contribution in [0, 0.1) is 5.92 Å². The third-order valence-electron chi connectivity index (χ3n) is 6.58. The van der Waals surface area contributed by atoms with Crippen LogP contribution in [0.5, 0.6) is 0 Å². The highest BCUT2D eigenvalue weighted by Gasteiger charge is 2.21. The second kappa shape index (κ2) is 12.1. The van der Waals surface area contributed by atoms with Crippen LogP contribution in [0.4, 0.5) is 5.69 Å². The van der Waals surface area contributed by atoms with E-state index in [9.17, 15) is 14.4 Å². The topological polar surface area (TPSA) is 78.5 Å². The number of rotatable bonds is 9. The summed E-state index contributed by atoms with van der Waals surface area (Å²) in [5, 5.41) is 6.04. The van der Waals surface area contributed by atoms with Gasteiger partial charge in [-0.05, 0) is 55.0 Å². The molecule has 0 unspecified atom stereocenters. The fraction of sp³-hybridized carbons (Fsp3) is 0.444. The number of thioether (sulfide) groups is 1. The number of nitrogens with zero attached hydrogens (tertiary/aromatic N) is 1. The van der Waals surface area contributed by atoms with E-state index in [-0.39, 0.29) is 17.7 Å². The Hall–Kier alpha value is -2.80. The molecule has 0 aromatic heterocycles. The molecule has 180 valence electrons. The highest BCUT2D eigenvalue weighted by atomic mass is 32.2. The van der Waals surface area contributed by atoms with Crippen molar-refractivity contribution in [1.82, 2.24) is 10.6 Å². The van der Waals surface area contributed by atoms with Gasteiger partial charge in [0.15, 0.2) is 0 Å². The number of nitrogens with one attached hydrogen (secondary N) is 2. The zero-order valence-electron chi connectivity index (χ0n) is 19.6. The van der Waals surface area contributed by atoms with Crippen molar-refractivity contribution in [3.63, 3.8) is 0 Å². The fourth-order valence-electron chi connectivity index (χ4n) is 4.62. The lowest BCUT2D eigenvalue weighted by molar-refractivity contribution is -0.119. The lowest BCUT2D eigenvalue weighted by atomic mass is 9.89. The van der Waals surface area contributed by atoms with Crippen LogP contribution in [0.1, 0.15) is 60.9 Å². The molecule has 1 heterocycles. The number of anilines is 1. The summed E-state index contributed by atoms with van der Waals surface area (Å²) in [5.41, 5.74) is 2.45. The second-order valence-corrected chi connectivity index (χ2v) is 10.1. The predicted octanol–water partition coefficient (Wildman–Crippen LogP) is 4.53. The second-order valence-electron chi connectivity index (χ2n) is 9.09. The van der Waals surface area contributed by atoms with E-state index in [2.05, 4.69) is 10.6 Å². The maximum Gasteiger partial charge on any atom is 0.252 e. The fourth-order valence-corrected chi connectivity index (χ4v) is 5.50. The number of benzene rings is 2. The number of hydrogen-bond donors (Lipinski definition) is 2. The molecule has 3 amide bonds. The number of hydrogen-bond acceptors (Lipinski definition) is 4. The minimum Gasteiger partial charge on any atom is -0.355 e. The van der Waals surface area contributed by atoms with Gasteiger partial charge in [-0.1, -0.05) is 43.5 Å². The molecule has 34 heavy (non-hydrogen) atoms. The maximum absolute atomic E-state index is 12.9. The number of carbonyl (C=O) groups excluding carboxylic acids is 3. The molecule has 0 spiro atoms. The summed E-state index contributed by atoms with van der Waals surface area (Å²) in [4.78, 5) is 39.7. The summed E-state index contributed by atoms with van der Waals surface area (Å²) in [6, 6.07) is 15.1. The van der Waals surface area contributed by atoms with E-state index in [0.717, 1.165) is 35.7 Å². The summed E-state index contributed by atoms with van der Waals surface area (Å²) in [6.45, 7) is 1.92. The molecule has 4 rings (SSSR count). The van der Waals surface area contributed by atoms with Crippen LogP contribution in [0.3, 0.4) is 0 Å². The first-order valence-corrected chi connectivity index (χ1v) is 13.2. The summed E-state index contributed by atoms with van der Waals surface area (Å²) in [6.07, 6.45) is 7.75. The van der Waals surface area contributed by atoms with Crippen molar-refractivity contribution in [3.05, 3.63) is 59.7 Å². The van der Waals surface area contributed by atoms with E-state index in [1.807, 2.05) is 42.5 Å². The lowest BCUT2D eigenvalue weighted by Gasteiger charge is -2.21. The summed E-state index contributed by atoms with van der Waals surface area (Å²) in [5.74, 6) is 0.920. The smallest absolute Gasteiger partial charge is 0.252 e. The van der Waals surface area contributed by atoms with Crippen molar-refractivity contribution in [2.75, 3.05) is 23.7 Å². The van der Waals surface area contributed by atoms with Crippen molar-refractivity contribution < 1.29 is 14.4 Å². The molecular weight excluding hydrogens is 446 g/mol. The van der Waals surface area contributed by atoms with E-state index in [1.165, 1.54) is 43.9 Å². The largest absolute Gasteiger partial charge is 0.355 e. The average molecular weight is 480 g/mol. The maximum atomic E-state index is 12.9. The Morgan fingerprint density at radius 2 is 1.71 bits per heavy atom. The summed E-state index contributed by atoms with van der Waals surface area (Å²) < 4.78 is 0. The quantitative estimate of drug-likeness (QED) is 0.518. The van der Waals surface area contributed by atoms with Crippen LogP contribution in [0.2, 0.25) is 0 Å². The van der Waals surface area contributed by atoms with Gasteiger partial charge in [-0.3, -0.25) is 14.4 Å². The summed E-state index contributed by atoms with van der Waals surface area (Å²) in [7, 11) is 0. The van der Waals surface area contributed by atoms with Crippen molar-refractivity contribution in [2.45, 2.75) is 56.4 Å².